The summed E-state index contributed by atoms with van der Waals surface area (Å²) >= 11 is 6.02. The molecule has 0 saturated carbocycles. The van der Waals surface area contributed by atoms with Gasteiger partial charge in [0.1, 0.15) is 5.69 Å². The van der Waals surface area contributed by atoms with E-state index < -0.39 is 11.9 Å². The highest BCUT2D eigenvalue weighted by molar-refractivity contribution is 6.30. The summed E-state index contributed by atoms with van der Waals surface area (Å²) in [6, 6.07) is 11.5. The number of pyridine rings is 1. The van der Waals surface area contributed by atoms with Crippen LogP contribution in [0.25, 0.3) is 5.69 Å². The van der Waals surface area contributed by atoms with Crippen LogP contribution in [-0.2, 0) is 12.7 Å². The van der Waals surface area contributed by atoms with Crippen molar-refractivity contribution in [3.63, 3.8) is 0 Å². The number of rotatable bonds is 6. The molecule has 0 spiro atoms. The normalized spacial score (nSPS) is 12.8. The molecule has 2 aromatic heterocycles. The van der Waals surface area contributed by atoms with Gasteiger partial charge in [0.25, 0.3) is 0 Å². The Balaban J connectivity index is 1.75. The van der Waals surface area contributed by atoms with Crippen molar-refractivity contribution in [2.24, 2.45) is 0 Å². The first-order valence-corrected chi connectivity index (χ1v) is 8.81. The fourth-order valence-electron chi connectivity index (χ4n) is 2.66. The van der Waals surface area contributed by atoms with Gasteiger partial charge in [0, 0.05) is 23.7 Å². The smallest absolute Gasteiger partial charge is 0.433 e. The van der Waals surface area contributed by atoms with Gasteiger partial charge in [-0.05, 0) is 36.8 Å². The molecule has 9 heteroatoms. The van der Waals surface area contributed by atoms with Crippen LogP contribution in [0.4, 0.5) is 13.2 Å². The third-order valence-corrected chi connectivity index (χ3v) is 4.39. The summed E-state index contributed by atoms with van der Waals surface area (Å²) < 4.78 is 44.8. The first kappa shape index (κ1) is 20.2. The topological polar surface area (TPSA) is 52.0 Å². The van der Waals surface area contributed by atoms with Gasteiger partial charge in [-0.3, -0.25) is 0 Å². The molecule has 148 valence electrons. The zero-order valence-electron chi connectivity index (χ0n) is 15.2. The first-order valence-electron chi connectivity index (χ1n) is 8.43. The maximum Gasteiger partial charge on any atom is 0.433 e. The molecular formula is C19H18ClF3N4O. The van der Waals surface area contributed by atoms with Crippen molar-refractivity contribution >= 4 is 11.6 Å². The first-order chi connectivity index (χ1) is 13.3. The zero-order valence-corrected chi connectivity index (χ0v) is 15.9. The lowest BCUT2D eigenvalue weighted by Gasteiger charge is -2.13. The Labute approximate surface area is 165 Å². The second-order valence-corrected chi connectivity index (χ2v) is 6.58. The number of hydrogen-bond donors (Lipinski definition) is 1. The summed E-state index contributed by atoms with van der Waals surface area (Å²) in [6.45, 7) is 2.44. The molecule has 1 aromatic carbocycles. The van der Waals surface area contributed by atoms with E-state index in [2.05, 4.69) is 15.4 Å². The number of alkyl halides is 3. The predicted octanol–water partition coefficient (Wildman–Crippen LogP) is 4.80. The second-order valence-electron chi connectivity index (χ2n) is 6.15. The van der Waals surface area contributed by atoms with Crippen molar-refractivity contribution in [1.29, 1.82) is 0 Å². The number of halogens is 4. The van der Waals surface area contributed by atoms with Crippen molar-refractivity contribution in [1.82, 2.24) is 20.1 Å². The molecule has 0 aliphatic rings. The Hall–Kier alpha value is -2.58. The minimum Gasteiger partial charge on any atom is -0.481 e. The van der Waals surface area contributed by atoms with E-state index in [1.165, 1.54) is 17.9 Å². The van der Waals surface area contributed by atoms with Crippen LogP contribution in [0.15, 0.2) is 48.7 Å². The molecule has 2 heterocycles. The number of methoxy groups -OCH3 is 1. The molecule has 0 amide bonds. The van der Waals surface area contributed by atoms with Crippen molar-refractivity contribution in [3.05, 3.63) is 70.6 Å². The van der Waals surface area contributed by atoms with Crippen LogP contribution < -0.4 is 10.1 Å². The van der Waals surface area contributed by atoms with Crippen LogP contribution in [-0.4, -0.2) is 21.9 Å². The minimum atomic E-state index is -4.49. The van der Waals surface area contributed by atoms with E-state index >= 15 is 0 Å². The SMILES string of the molecule is COc1cc(CN[C@H](C)c2cccc(Cl)c2)nn1-c1ccc(C(F)(F)F)nc1. The lowest BCUT2D eigenvalue weighted by atomic mass is 10.1. The number of nitrogens with zero attached hydrogens (tertiary/aromatic N) is 3. The van der Waals surface area contributed by atoms with Crippen LogP contribution in [0.3, 0.4) is 0 Å². The van der Waals surface area contributed by atoms with Gasteiger partial charge in [-0.2, -0.15) is 23.0 Å². The van der Waals surface area contributed by atoms with E-state index in [9.17, 15) is 13.2 Å². The van der Waals surface area contributed by atoms with E-state index in [1.807, 2.05) is 31.2 Å². The third kappa shape index (κ3) is 4.63. The van der Waals surface area contributed by atoms with Gasteiger partial charge in [-0.1, -0.05) is 23.7 Å². The second kappa shape index (κ2) is 8.20. The summed E-state index contributed by atoms with van der Waals surface area (Å²) in [6.07, 6.45) is -3.37. The molecule has 3 aromatic rings. The monoisotopic (exact) mass is 410 g/mol. The number of ether oxygens (including phenoxy) is 1. The molecule has 0 fully saturated rings. The van der Waals surface area contributed by atoms with Crippen molar-refractivity contribution in [2.45, 2.75) is 25.7 Å². The summed E-state index contributed by atoms with van der Waals surface area (Å²) in [4.78, 5) is 3.46. The van der Waals surface area contributed by atoms with Crippen molar-refractivity contribution in [2.75, 3.05) is 7.11 Å². The van der Waals surface area contributed by atoms with Gasteiger partial charge in [-0.25, -0.2) is 4.98 Å². The fourth-order valence-corrected chi connectivity index (χ4v) is 2.86. The lowest BCUT2D eigenvalue weighted by Crippen LogP contribution is -2.18. The quantitative estimate of drug-likeness (QED) is 0.634. The number of nitrogens with one attached hydrogen (secondary N) is 1. The van der Waals surface area contributed by atoms with Crippen molar-refractivity contribution < 1.29 is 17.9 Å². The molecule has 0 aliphatic carbocycles. The third-order valence-electron chi connectivity index (χ3n) is 4.16. The molecule has 28 heavy (non-hydrogen) atoms. The Bertz CT molecular complexity index is 941. The Morgan fingerprint density at radius 1 is 1.21 bits per heavy atom. The van der Waals surface area contributed by atoms with Gasteiger partial charge in [0.2, 0.25) is 5.88 Å². The van der Waals surface area contributed by atoms with Crippen LogP contribution in [0.2, 0.25) is 5.02 Å². The number of hydrogen-bond acceptors (Lipinski definition) is 4. The highest BCUT2D eigenvalue weighted by Crippen LogP contribution is 2.28. The average Bonchev–Trinajstić information content (AvgIpc) is 3.09. The van der Waals surface area contributed by atoms with E-state index in [4.69, 9.17) is 16.3 Å². The molecule has 0 saturated heterocycles. The van der Waals surface area contributed by atoms with E-state index in [0.29, 0.717) is 28.8 Å². The van der Waals surface area contributed by atoms with Gasteiger partial charge in [0.05, 0.1) is 24.7 Å². The zero-order chi connectivity index (χ0) is 20.3. The van der Waals surface area contributed by atoms with Gasteiger partial charge >= 0.3 is 6.18 Å². The van der Waals surface area contributed by atoms with Gasteiger partial charge in [0.15, 0.2) is 0 Å². The predicted molar refractivity (Wildman–Crippen MR) is 99.6 cm³/mol. The van der Waals surface area contributed by atoms with E-state index in [0.717, 1.165) is 17.8 Å². The molecule has 0 radical (unpaired) electrons. The van der Waals surface area contributed by atoms with E-state index in [1.54, 1.807) is 6.07 Å². The van der Waals surface area contributed by atoms with Crippen LogP contribution >= 0.6 is 11.6 Å². The minimum absolute atomic E-state index is 0.0302. The van der Waals surface area contributed by atoms with E-state index in [-0.39, 0.29) is 6.04 Å². The lowest BCUT2D eigenvalue weighted by molar-refractivity contribution is -0.141. The molecule has 5 nitrogen and oxygen atoms in total. The largest absolute Gasteiger partial charge is 0.481 e. The maximum absolute atomic E-state index is 12.7. The maximum atomic E-state index is 12.7. The standard InChI is InChI=1S/C19H18ClF3N4O/c1-12(13-4-3-5-14(20)8-13)24-10-15-9-18(28-2)27(26-15)16-6-7-17(25-11-16)19(21,22)23/h3-9,11-12,24H,10H2,1-2H3/t12-/m1/s1. The molecular weight excluding hydrogens is 393 g/mol. The van der Waals surface area contributed by atoms with Crippen LogP contribution in [0.1, 0.15) is 29.9 Å². The average molecular weight is 411 g/mol. The van der Waals surface area contributed by atoms with Crippen molar-refractivity contribution in [3.8, 4) is 11.6 Å². The van der Waals surface area contributed by atoms with Gasteiger partial charge < -0.3 is 10.1 Å². The molecule has 1 N–H and O–H groups in total. The molecule has 0 aliphatic heterocycles. The Kier molecular flexibility index (Phi) is 5.90. The Morgan fingerprint density at radius 3 is 2.61 bits per heavy atom. The summed E-state index contributed by atoms with van der Waals surface area (Å²) in [5, 5.41) is 8.40. The number of aromatic nitrogens is 3. The summed E-state index contributed by atoms with van der Waals surface area (Å²) in [5.74, 6) is 0.397. The highest BCUT2D eigenvalue weighted by Gasteiger charge is 2.32. The molecule has 0 unspecified atom stereocenters. The Morgan fingerprint density at radius 2 is 2.00 bits per heavy atom. The van der Waals surface area contributed by atoms with Crippen LogP contribution in [0, 0.1) is 0 Å². The number of benzene rings is 1. The summed E-state index contributed by atoms with van der Waals surface area (Å²) in [5.41, 5.74) is 1.12. The summed E-state index contributed by atoms with van der Waals surface area (Å²) in [7, 11) is 1.47. The molecule has 1 atom stereocenters. The highest BCUT2D eigenvalue weighted by atomic mass is 35.5. The molecule has 3 rings (SSSR count). The van der Waals surface area contributed by atoms with Crippen LogP contribution in [0.5, 0.6) is 5.88 Å². The molecule has 0 bridgehead atoms. The fraction of sp³-hybridized carbons (Fsp3) is 0.263. The van der Waals surface area contributed by atoms with Gasteiger partial charge in [-0.15, -0.1) is 0 Å².